The first-order valence-electron chi connectivity index (χ1n) is 14.0. The zero-order valence-electron chi connectivity index (χ0n) is 23.7. The summed E-state index contributed by atoms with van der Waals surface area (Å²) in [5.74, 6) is -0.450. The minimum Gasteiger partial charge on any atom is -0.462 e. The first kappa shape index (κ1) is 27.2. The number of fused-ring (bicyclic) bond motifs is 4. The summed E-state index contributed by atoms with van der Waals surface area (Å²) in [6, 6.07) is 19.0. The average Bonchev–Trinajstić information content (AvgIpc) is 2.97. The number of esters is 1. The molecule has 0 spiro atoms. The van der Waals surface area contributed by atoms with Gasteiger partial charge in [0, 0.05) is 41.9 Å². The van der Waals surface area contributed by atoms with Crippen LogP contribution in [0.25, 0.3) is 44.0 Å². The highest BCUT2D eigenvalue weighted by Crippen LogP contribution is 2.40. The molecule has 0 atom stereocenters. The molecule has 5 rings (SSSR count). The van der Waals surface area contributed by atoms with Crippen LogP contribution in [0.1, 0.15) is 45.0 Å². The van der Waals surface area contributed by atoms with Crippen molar-refractivity contribution in [3.05, 3.63) is 82.0 Å². The summed E-state index contributed by atoms with van der Waals surface area (Å²) < 4.78 is 20.1. The number of hydrogen-bond donors (Lipinski definition) is 0. The topological polar surface area (TPSA) is 75.9 Å². The largest absolute Gasteiger partial charge is 0.462 e. The molecule has 0 radical (unpaired) electrons. The third-order valence-corrected chi connectivity index (χ3v) is 7.49. The Morgan fingerprint density at radius 3 is 2.25 bits per heavy atom. The first-order valence-corrected chi connectivity index (χ1v) is 14.0. The van der Waals surface area contributed by atoms with Gasteiger partial charge in [-0.1, -0.05) is 18.2 Å². The fraction of sp³-hybridized carbons (Fsp3) is 0.303. The van der Waals surface area contributed by atoms with Crippen LogP contribution in [0.4, 0.5) is 5.69 Å². The van der Waals surface area contributed by atoms with Crippen molar-refractivity contribution in [2.75, 3.05) is 37.7 Å². The summed E-state index contributed by atoms with van der Waals surface area (Å²) in [5.41, 5.74) is 3.55. The number of nitrogens with zero attached hydrogens (tertiary/aromatic N) is 2. The number of carbonyl (C=O) groups excluding carboxylic acids is 1. The maximum absolute atomic E-state index is 13.8. The standard InChI is InChI=1S/C33H35N2O5/c1-6-34(7-2)21-15-17-25-27(19-21)39-31-26-18-16-22(35(8-3)9-4)20-28(26)40-33(37)30(31)29(25)23-13-11-12-14-24(23)32(36)38-10-5/h11-20H,6-10H2,1-5H3/q+1. The summed E-state index contributed by atoms with van der Waals surface area (Å²) >= 11 is 0. The van der Waals surface area contributed by atoms with E-state index >= 15 is 0 Å². The molecule has 7 heteroatoms. The Kier molecular flexibility index (Phi) is 7.74. The molecule has 0 amide bonds. The molecule has 0 unspecified atom stereocenters. The van der Waals surface area contributed by atoms with E-state index in [1.165, 1.54) is 0 Å². The molecule has 0 saturated heterocycles. The predicted molar refractivity (Wildman–Crippen MR) is 161 cm³/mol. The number of rotatable bonds is 8. The molecule has 2 heterocycles. The van der Waals surface area contributed by atoms with Crippen molar-refractivity contribution >= 4 is 44.6 Å². The van der Waals surface area contributed by atoms with Crippen molar-refractivity contribution in [3.8, 4) is 11.1 Å². The molecule has 0 aliphatic rings. The minimum atomic E-state index is -0.522. The minimum absolute atomic E-state index is 0.244. The maximum atomic E-state index is 13.8. The number of carbonyl (C=O) groups is 1. The molecular formula is C33H35N2O5+. The predicted octanol–water partition coefficient (Wildman–Crippen LogP) is 6.19. The Balaban J connectivity index is 1.96. The van der Waals surface area contributed by atoms with E-state index in [1.807, 2.05) is 48.5 Å². The third kappa shape index (κ3) is 4.66. The number of hydrogen-bond acceptors (Lipinski definition) is 6. The number of benzene rings is 3. The molecule has 0 aliphatic carbocycles. The Morgan fingerprint density at radius 1 is 0.850 bits per heavy atom. The molecule has 0 N–H and O–H groups in total. The van der Waals surface area contributed by atoms with Gasteiger partial charge in [0.1, 0.15) is 29.6 Å². The molecule has 2 aromatic heterocycles. The van der Waals surface area contributed by atoms with E-state index in [-0.39, 0.29) is 6.61 Å². The monoisotopic (exact) mass is 539 g/mol. The van der Waals surface area contributed by atoms with E-state index in [4.69, 9.17) is 13.6 Å². The van der Waals surface area contributed by atoms with Crippen molar-refractivity contribution in [3.63, 3.8) is 0 Å². The van der Waals surface area contributed by atoms with Crippen molar-refractivity contribution in [2.45, 2.75) is 34.6 Å². The SMILES string of the molecule is CCOC(=O)c1ccccc1-c1c2ccc(N(CC)CC)cc2oc2c1c(=O)oc1cc(=[N+](CC)CC)ccc12. The Labute approximate surface area is 232 Å². The highest BCUT2D eigenvalue weighted by Gasteiger charge is 2.24. The van der Waals surface area contributed by atoms with Crippen LogP contribution in [0, 0.1) is 0 Å². The fourth-order valence-electron chi connectivity index (χ4n) is 5.47. The molecule has 206 valence electrons. The molecule has 0 aliphatic heterocycles. The van der Waals surface area contributed by atoms with Gasteiger partial charge in [-0.25, -0.2) is 14.2 Å². The van der Waals surface area contributed by atoms with E-state index in [1.54, 1.807) is 19.1 Å². The lowest BCUT2D eigenvalue weighted by atomic mass is 9.93. The Bertz CT molecular complexity index is 1860. The van der Waals surface area contributed by atoms with Crippen LogP contribution >= 0.6 is 0 Å². The second-order valence-electron chi connectivity index (χ2n) is 9.54. The van der Waals surface area contributed by atoms with Gasteiger partial charge in [0.05, 0.1) is 23.6 Å². The van der Waals surface area contributed by atoms with Crippen LogP contribution in [0.3, 0.4) is 0 Å². The average molecular weight is 540 g/mol. The van der Waals surface area contributed by atoms with Crippen molar-refractivity contribution < 1.29 is 18.4 Å². The lowest BCUT2D eigenvalue weighted by molar-refractivity contribution is 0.0527. The molecule has 0 saturated carbocycles. The van der Waals surface area contributed by atoms with Gasteiger partial charge in [0.2, 0.25) is 5.36 Å². The second-order valence-corrected chi connectivity index (χ2v) is 9.54. The highest BCUT2D eigenvalue weighted by molar-refractivity contribution is 6.16. The van der Waals surface area contributed by atoms with Gasteiger partial charge < -0.3 is 18.5 Å². The van der Waals surface area contributed by atoms with E-state index in [9.17, 15) is 9.59 Å². The van der Waals surface area contributed by atoms with Gasteiger partial charge in [-0.15, -0.1) is 0 Å². The van der Waals surface area contributed by atoms with Crippen LogP contribution < -0.4 is 20.5 Å². The number of ether oxygens (including phenoxy) is 1. The van der Waals surface area contributed by atoms with E-state index < -0.39 is 11.6 Å². The maximum Gasteiger partial charge on any atom is 0.348 e. The summed E-state index contributed by atoms with van der Waals surface area (Å²) in [7, 11) is 0. The lowest BCUT2D eigenvalue weighted by Crippen LogP contribution is -2.29. The van der Waals surface area contributed by atoms with E-state index in [2.05, 4.69) is 37.2 Å². The van der Waals surface area contributed by atoms with Gasteiger partial charge >= 0.3 is 11.6 Å². The summed E-state index contributed by atoms with van der Waals surface area (Å²) in [5, 5.41) is 2.67. The molecule has 7 nitrogen and oxygen atoms in total. The Hall–Kier alpha value is -4.39. The number of anilines is 1. The van der Waals surface area contributed by atoms with Crippen molar-refractivity contribution in [1.29, 1.82) is 0 Å². The molecular weight excluding hydrogens is 504 g/mol. The van der Waals surface area contributed by atoms with Gasteiger partial charge in [0.25, 0.3) is 0 Å². The van der Waals surface area contributed by atoms with E-state index in [0.717, 1.165) is 37.2 Å². The highest BCUT2D eigenvalue weighted by atomic mass is 16.5. The van der Waals surface area contributed by atoms with Crippen LogP contribution in [-0.4, -0.2) is 38.8 Å². The van der Waals surface area contributed by atoms with Gasteiger partial charge in [-0.05, 0) is 64.4 Å². The van der Waals surface area contributed by atoms with Crippen molar-refractivity contribution in [2.24, 2.45) is 0 Å². The van der Waals surface area contributed by atoms with E-state index in [0.29, 0.717) is 49.6 Å². The van der Waals surface area contributed by atoms with Crippen LogP contribution in [0.15, 0.2) is 74.3 Å². The summed E-state index contributed by atoms with van der Waals surface area (Å²) in [6.07, 6.45) is 0. The van der Waals surface area contributed by atoms with Crippen LogP contribution in [-0.2, 0) is 4.74 Å². The smallest absolute Gasteiger partial charge is 0.348 e. The van der Waals surface area contributed by atoms with Gasteiger partial charge in [-0.3, -0.25) is 0 Å². The zero-order chi connectivity index (χ0) is 28.4. The molecule has 5 aromatic rings. The van der Waals surface area contributed by atoms with Crippen LogP contribution in [0.5, 0.6) is 0 Å². The quantitative estimate of drug-likeness (QED) is 0.0769. The summed E-state index contributed by atoms with van der Waals surface area (Å²) in [4.78, 5) is 29.0. The second kappa shape index (κ2) is 11.4. The fourth-order valence-corrected chi connectivity index (χ4v) is 5.47. The first-order chi connectivity index (χ1) is 19.4. The molecule has 0 fully saturated rings. The molecule has 3 aromatic carbocycles. The van der Waals surface area contributed by atoms with Gasteiger partial charge in [0.15, 0.2) is 5.58 Å². The molecule has 0 bridgehead atoms. The van der Waals surface area contributed by atoms with Crippen molar-refractivity contribution in [1.82, 2.24) is 4.58 Å². The summed E-state index contributed by atoms with van der Waals surface area (Å²) in [6.45, 7) is 13.8. The zero-order valence-corrected chi connectivity index (χ0v) is 23.7. The lowest BCUT2D eigenvalue weighted by Gasteiger charge is -2.22. The molecule has 40 heavy (non-hydrogen) atoms. The van der Waals surface area contributed by atoms with Gasteiger partial charge in [-0.2, -0.15) is 0 Å². The van der Waals surface area contributed by atoms with Crippen LogP contribution in [0.2, 0.25) is 0 Å². The Morgan fingerprint density at radius 2 is 1.55 bits per heavy atom. The third-order valence-electron chi connectivity index (χ3n) is 7.49. The normalized spacial score (nSPS) is 11.3.